The minimum absolute atomic E-state index is 0.0562. The molecule has 32 heavy (non-hydrogen) atoms. The molecule has 172 valence electrons. The summed E-state index contributed by atoms with van der Waals surface area (Å²) in [5.41, 5.74) is 0.528. The van der Waals surface area contributed by atoms with Gasteiger partial charge in [-0.25, -0.2) is 9.97 Å². The molecule has 0 saturated carbocycles. The standard InChI is InChI=1S/C22H28ClN5O3S/c1-3-8-24-22(30)15-6-9-28(10-7-15)19-12-21(26-14-25-19)32-13-20(29)27-17-11-16(23)4-5-18(17)31-2/h4-5,11-12,14-15H,3,6-10,13H2,1-2H3,(H,24,30)(H,27,29). The number of ether oxygens (including phenoxy) is 1. The summed E-state index contributed by atoms with van der Waals surface area (Å²) < 4.78 is 5.26. The number of nitrogens with one attached hydrogen (secondary N) is 2. The Bertz CT molecular complexity index is 938. The molecule has 0 aliphatic carbocycles. The molecule has 2 heterocycles. The lowest BCUT2D eigenvalue weighted by molar-refractivity contribution is -0.125. The first kappa shape index (κ1) is 24.1. The molecule has 0 bridgehead atoms. The Hall–Kier alpha value is -2.52. The van der Waals surface area contributed by atoms with Crippen molar-refractivity contribution >= 4 is 46.7 Å². The van der Waals surface area contributed by atoms with E-state index in [-0.39, 0.29) is 23.5 Å². The van der Waals surface area contributed by atoms with Crippen LogP contribution in [-0.2, 0) is 9.59 Å². The quantitative estimate of drug-likeness (QED) is 0.420. The van der Waals surface area contributed by atoms with Crippen LogP contribution in [-0.4, -0.2) is 54.3 Å². The molecule has 0 spiro atoms. The van der Waals surface area contributed by atoms with Crippen molar-refractivity contribution in [2.75, 3.05) is 42.7 Å². The third kappa shape index (κ3) is 6.74. The molecule has 1 aliphatic heterocycles. The zero-order valence-corrected chi connectivity index (χ0v) is 19.8. The first-order valence-corrected chi connectivity index (χ1v) is 12.0. The number of piperidine rings is 1. The van der Waals surface area contributed by atoms with E-state index in [1.807, 2.05) is 13.0 Å². The smallest absolute Gasteiger partial charge is 0.234 e. The molecule has 2 amide bonds. The number of methoxy groups -OCH3 is 1. The highest BCUT2D eigenvalue weighted by atomic mass is 35.5. The highest BCUT2D eigenvalue weighted by Gasteiger charge is 2.25. The molecule has 8 nitrogen and oxygen atoms in total. The number of hydrogen-bond acceptors (Lipinski definition) is 7. The largest absolute Gasteiger partial charge is 0.495 e. The van der Waals surface area contributed by atoms with Gasteiger partial charge in [-0.15, -0.1) is 0 Å². The maximum absolute atomic E-state index is 12.4. The van der Waals surface area contributed by atoms with Gasteiger partial charge in [0, 0.05) is 36.6 Å². The van der Waals surface area contributed by atoms with Gasteiger partial charge in [0.2, 0.25) is 11.8 Å². The van der Waals surface area contributed by atoms with Crippen molar-refractivity contribution in [2.24, 2.45) is 5.92 Å². The molecule has 2 aromatic rings. The van der Waals surface area contributed by atoms with E-state index in [2.05, 4.69) is 25.5 Å². The lowest BCUT2D eigenvalue weighted by atomic mass is 9.96. The Balaban J connectivity index is 1.52. The number of hydrogen-bond donors (Lipinski definition) is 2. The average molecular weight is 478 g/mol. The van der Waals surface area contributed by atoms with Crippen molar-refractivity contribution in [1.82, 2.24) is 15.3 Å². The number of carbonyl (C=O) groups is 2. The van der Waals surface area contributed by atoms with E-state index in [9.17, 15) is 9.59 Å². The van der Waals surface area contributed by atoms with Gasteiger partial charge in [0.15, 0.2) is 0 Å². The number of amides is 2. The second-order valence-electron chi connectivity index (χ2n) is 7.45. The van der Waals surface area contributed by atoms with Crippen LogP contribution in [0.5, 0.6) is 5.75 Å². The zero-order chi connectivity index (χ0) is 22.9. The monoisotopic (exact) mass is 477 g/mol. The van der Waals surface area contributed by atoms with Crippen molar-refractivity contribution < 1.29 is 14.3 Å². The zero-order valence-electron chi connectivity index (χ0n) is 18.3. The van der Waals surface area contributed by atoms with Gasteiger partial charge in [-0.1, -0.05) is 30.3 Å². The topological polar surface area (TPSA) is 96.5 Å². The van der Waals surface area contributed by atoms with Crippen LogP contribution in [0.15, 0.2) is 35.6 Å². The van der Waals surface area contributed by atoms with Gasteiger partial charge in [0.1, 0.15) is 22.9 Å². The summed E-state index contributed by atoms with van der Waals surface area (Å²) >= 11 is 7.34. The third-order valence-electron chi connectivity index (χ3n) is 5.15. The number of carbonyl (C=O) groups excluding carboxylic acids is 2. The fourth-order valence-electron chi connectivity index (χ4n) is 3.45. The van der Waals surface area contributed by atoms with Crippen LogP contribution in [0.1, 0.15) is 26.2 Å². The fraction of sp³-hybridized carbons (Fsp3) is 0.455. The lowest BCUT2D eigenvalue weighted by Gasteiger charge is -2.32. The Kier molecular flexibility index (Phi) is 8.99. The lowest BCUT2D eigenvalue weighted by Crippen LogP contribution is -2.41. The van der Waals surface area contributed by atoms with Crippen LogP contribution in [0, 0.1) is 5.92 Å². The van der Waals surface area contributed by atoms with Crippen LogP contribution >= 0.6 is 23.4 Å². The van der Waals surface area contributed by atoms with Gasteiger partial charge in [-0.05, 0) is 37.5 Å². The maximum atomic E-state index is 12.4. The summed E-state index contributed by atoms with van der Waals surface area (Å²) in [4.78, 5) is 35.4. The molecule has 10 heteroatoms. The second kappa shape index (κ2) is 11.9. The van der Waals surface area contributed by atoms with Gasteiger partial charge >= 0.3 is 0 Å². The van der Waals surface area contributed by atoms with Gasteiger partial charge in [-0.3, -0.25) is 9.59 Å². The Morgan fingerprint density at radius 3 is 2.75 bits per heavy atom. The SMILES string of the molecule is CCCNC(=O)C1CCN(c2cc(SCC(=O)Nc3cc(Cl)ccc3OC)ncn2)CC1. The van der Waals surface area contributed by atoms with Crippen LogP contribution < -0.4 is 20.3 Å². The molecule has 2 N–H and O–H groups in total. The Morgan fingerprint density at radius 1 is 1.25 bits per heavy atom. The number of aromatic nitrogens is 2. The number of nitrogens with zero attached hydrogens (tertiary/aromatic N) is 3. The van der Waals surface area contributed by atoms with E-state index in [4.69, 9.17) is 16.3 Å². The summed E-state index contributed by atoms with van der Waals surface area (Å²) in [5, 5.41) is 7.03. The third-order valence-corrected chi connectivity index (χ3v) is 6.31. The molecule has 3 rings (SSSR count). The molecule has 0 unspecified atom stereocenters. The van der Waals surface area contributed by atoms with E-state index in [1.165, 1.54) is 25.2 Å². The highest BCUT2D eigenvalue weighted by Crippen LogP contribution is 2.28. The Morgan fingerprint density at radius 2 is 2.03 bits per heavy atom. The summed E-state index contributed by atoms with van der Waals surface area (Å²) in [6, 6.07) is 6.94. The molecule has 1 aromatic heterocycles. The van der Waals surface area contributed by atoms with E-state index >= 15 is 0 Å². The first-order chi connectivity index (χ1) is 15.5. The summed E-state index contributed by atoms with van der Waals surface area (Å²) in [6.45, 7) is 4.30. The van der Waals surface area contributed by atoms with Crippen molar-refractivity contribution in [3.05, 3.63) is 35.6 Å². The average Bonchev–Trinajstić information content (AvgIpc) is 2.81. The van der Waals surface area contributed by atoms with Crippen LogP contribution in [0.4, 0.5) is 11.5 Å². The van der Waals surface area contributed by atoms with Crippen molar-refractivity contribution in [2.45, 2.75) is 31.2 Å². The number of halogens is 1. The van der Waals surface area contributed by atoms with Crippen molar-refractivity contribution in [1.29, 1.82) is 0 Å². The fourth-order valence-corrected chi connectivity index (χ4v) is 4.28. The minimum atomic E-state index is -0.186. The highest BCUT2D eigenvalue weighted by molar-refractivity contribution is 7.99. The molecule has 1 aromatic carbocycles. The summed E-state index contributed by atoms with van der Waals surface area (Å²) in [7, 11) is 1.54. The van der Waals surface area contributed by atoms with Gasteiger partial charge in [0.25, 0.3) is 0 Å². The molecular weight excluding hydrogens is 450 g/mol. The molecule has 0 atom stereocenters. The van der Waals surface area contributed by atoms with E-state index in [0.29, 0.717) is 21.5 Å². The van der Waals surface area contributed by atoms with Crippen molar-refractivity contribution in [3.63, 3.8) is 0 Å². The number of rotatable bonds is 9. The number of anilines is 2. The van der Waals surface area contributed by atoms with Gasteiger partial charge in [-0.2, -0.15) is 0 Å². The predicted molar refractivity (Wildman–Crippen MR) is 128 cm³/mol. The van der Waals surface area contributed by atoms with Crippen LogP contribution in [0.2, 0.25) is 5.02 Å². The predicted octanol–water partition coefficient (Wildman–Crippen LogP) is 3.61. The summed E-state index contributed by atoms with van der Waals surface area (Å²) in [6.07, 6.45) is 4.05. The first-order valence-electron chi connectivity index (χ1n) is 10.6. The number of benzene rings is 1. The normalized spacial score (nSPS) is 14.2. The van der Waals surface area contributed by atoms with Crippen molar-refractivity contribution in [3.8, 4) is 5.75 Å². The minimum Gasteiger partial charge on any atom is -0.495 e. The van der Waals surface area contributed by atoms with E-state index in [1.54, 1.807) is 18.2 Å². The van der Waals surface area contributed by atoms with Gasteiger partial charge < -0.3 is 20.3 Å². The summed E-state index contributed by atoms with van der Waals surface area (Å²) in [5.74, 6) is 1.56. The molecule has 1 saturated heterocycles. The maximum Gasteiger partial charge on any atom is 0.234 e. The Labute approximate surface area is 197 Å². The van der Waals surface area contributed by atoms with Crippen LogP contribution in [0.25, 0.3) is 0 Å². The van der Waals surface area contributed by atoms with Crippen LogP contribution in [0.3, 0.4) is 0 Å². The van der Waals surface area contributed by atoms with Gasteiger partial charge in [0.05, 0.1) is 18.6 Å². The van der Waals surface area contributed by atoms with E-state index in [0.717, 1.165) is 44.7 Å². The molecular formula is C22H28ClN5O3S. The molecule has 1 fully saturated rings. The van der Waals surface area contributed by atoms with E-state index < -0.39 is 0 Å². The second-order valence-corrected chi connectivity index (χ2v) is 8.88. The number of thioether (sulfide) groups is 1. The molecule has 0 radical (unpaired) electrons. The molecule has 1 aliphatic rings.